The van der Waals surface area contributed by atoms with Crippen LogP contribution in [0.3, 0.4) is 0 Å². The first-order valence-corrected chi connectivity index (χ1v) is 9.45. The number of aromatic nitrogens is 2. The summed E-state index contributed by atoms with van der Waals surface area (Å²) >= 11 is 0. The third-order valence-corrected chi connectivity index (χ3v) is 5.26. The fourth-order valence-electron chi connectivity index (χ4n) is 1.55. The van der Waals surface area contributed by atoms with Crippen molar-refractivity contribution < 1.29 is 26.4 Å². The molecule has 0 unspecified atom stereocenters. The fourth-order valence-corrected chi connectivity index (χ4v) is 3.17. The van der Waals surface area contributed by atoms with Gasteiger partial charge in [-0.1, -0.05) is 6.92 Å². The molecule has 1 rings (SSSR count). The van der Waals surface area contributed by atoms with Crippen LogP contribution in [0.1, 0.15) is 24.2 Å². The monoisotopic (exact) mass is 339 g/mol. The third kappa shape index (κ3) is 4.51. The number of ether oxygens (including phenoxy) is 1. The van der Waals surface area contributed by atoms with Gasteiger partial charge in [0.1, 0.15) is 5.56 Å². The number of carbonyl (C=O) groups excluding carboxylic acids is 1. The van der Waals surface area contributed by atoms with Gasteiger partial charge in [0, 0.05) is 5.75 Å². The van der Waals surface area contributed by atoms with Crippen LogP contribution in [0, 0.1) is 0 Å². The molecule has 0 saturated heterocycles. The van der Waals surface area contributed by atoms with Crippen LogP contribution in [0.15, 0.2) is 11.2 Å². The standard InChI is InChI=1S/C10H17N3O6S2/c1-3-19-10(14)8-7-12-13(9(8)21(11,17)18)5-6-20(15,16)4-2/h7H,3-6H2,1-2H3,(H2,11,17,18). The minimum absolute atomic E-state index is 0.0539. The molecule has 0 atom stereocenters. The summed E-state index contributed by atoms with van der Waals surface area (Å²) in [6, 6.07) is 0. The van der Waals surface area contributed by atoms with E-state index < -0.39 is 30.9 Å². The van der Waals surface area contributed by atoms with Gasteiger partial charge in [-0.05, 0) is 6.92 Å². The number of nitrogens with zero attached hydrogens (tertiary/aromatic N) is 2. The number of hydrogen-bond acceptors (Lipinski definition) is 7. The quantitative estimate of drug-likeness (QED) is 0.638. The maximum absolute atomic E-state index is 11.7. The summed E-state index contributed by atoms with van der Waals surface area (Å²) in [6.07, 6.45) is 0.996. The first-order valence-electron chi connectivity index (χ1n) is 6.08. The molecule has 0 fully saturated rings. The number of carbonyl (C=O) groups is 1. The van der Waals surface area contributed by atoms with Crippen LogP contribution in [-0.2, 0) is 31.1 Å². The second-order valence-corrected chi connectivity index (χ2v) is 8.04. The van der Waals surface area contributed by atoms with Gasteiger partial charge in [-0.25, -0.2) is 26.8 Å². The molecule has 0 aliphatic heterocycles. The third-order valence-electron chi connectivity index (χ3n) is 2.61. The van der Waals surface area contributed by atoms with Crippen molar-refractivity contribution >= 4 is 25.8 Å². The minimum Gasteiger partial charge on any atom is -0.462 e. The van der Waals surface area contributed by atoms with Crippen molar-refractivity contribution in [2.45, 2.75) is 25.4 Å². The van der Waals surface area contributed by atoms with Gasteiger partial charge in [-0.3, -0.25) is 4.68 Å². The summed E-state index contributed by atoms with van der Waals surface area (Å²) in [5, 5.41) is 8.23. The Morgan fingerprint density at radius 2 is 1.95 bits per heavy atom. The molecule has 0 aliphatic carbocycles. The molecule has 2 N–H and O–H groups in total. The van der Waals surface area contributed by atoms with Gasteiger partial charge in [0.25, 0.3) is 10.0 Å². The van der Waals surface area contributed by atoms with Crippen LogP contribution >= 0.6 is 0 Å². The van der Waals surface area contributed by atoms with E-state index in [1.807, 2.05) is 0 Å². The molecule has 0 amide bonds. The van der Waals surface area contributed by atoms with Crippen molar-refractivity contribution in [1.29, 1.82) is 0 Å². The van der Waals surface area contributed by atoms with Crippen LogP contribution in [0.2, 0.25) is 0 Å². The van der Waals surface area contributed by atoms with Crippen molar-refractivity contribution in [3.63, 3.8) is 0 Å². The first kappa shape index (κ1) is 17.6. The Hall–Kier alpha value is -1.46. The lowest BCUT2D eigenvalue weighted by molar-refractivity contribution is 0.0521. The highest BCUT2D eigenvalue weighted by molar-refractivity contribution is 7.91. The summed E-state index contributed by atoms with van der Waals surface area (Å²) in [7, 11) is -7.57. The number of aryl methyl sites for hydroxylation is 1. The average molecular weight is 339 g/mol. The van der Waals surface area contributed by atoms with E-state index in [9.17, 15) is 21.6 Å². The predicted molar refractivity (Wildman–Crippen MR) is 73.9 cm³/mol. The van der Waals surface area contributed by atoms with Gasteiger partial charge >= 0.3 is 5.97 Å². The van der Waals surface area contributed by atoms with Crippen LogP contribution in [0.4, 0.5) is 0 Å². The number of rotatable bonds is 7. The molecule has 0 spiro atoms. The molecule has 11 heteroatoms. The van der Waals surface area contributed by atoms with Crippen molar-refractivity contribution in [3.8, 4) is 0 Å². The lowest BCUT2D eigenvalue weighted by Crippen LogP contribution is -2.24. The van der Waals surface area contributed by atoms with Crippen molar-refractivity contribution in [3.05, 3.63) is 11.8 Å². The summed E-state index contributed by atoms with van der Waals surface area (Å²) in [5.74, 6) is -1.27. The number of nitrogens with two attached hydrogens (primary N) is 1. The van der Waals surface area contributed by atoms with Crippen LogP contribution in [0.5, 0.6) is 0 Å². The Kier molecular flexibility index (Phi) is 5.48. The zero-order valence-electron chi connectivity index (χ0n) is 11.6. The SMILES string of the molecule is CCOC(=O)c1cnn(CCS(=O)(=O)CC)c1S(N)(=O)=O. The Labute approximate surface area is 123 Å². The van der Waals surface area contributed by atoms with E-state index in [4.69, 9.17) is 9.88 Å². The highest BCUT2D eigenvalue weighted by atomic mass is 32.2. The highest BCUT2D eigenvalue weighted by Gasteiger charge is 2.27. The van der Waals surface area contributed by atoms with Crippen LogP contribution in [0.25, 0.3) is 0 Å². The molecule has 0 saturated carbocycles. The Balaban J connectivity index is 3.20. The van der Waals surface area contributed by atoms with Crippen molar-refractivity contribution in [2.75, 3.05) is 18.1 Å². The Morgan fingerprint density at radius 1 is 1.33 bits per heavy atom. The molecule has 9 nitrogen and oxygen atoms in total. The molecular formula is C10H17N3O6S2. The van der Waals surface area contributed by atoms with Gasteiger partial charge < -0.3 is 4.74 Å². The normalized spacial score (nSPS) is 12.3. The molecule has 0 aliphatic rings. The zero-order chi connectivity index (χ0) is 16.3. The van der Waals surface area contributed by atoms with Gasteiger partial charge in [-0.2, -0.15) is 5.10 Å². The first-order chi connectivity index (χ1) is 9.62. The summed E-state index contributed by atoms with van der Waals surface area (Å²) in [4.78, 5) is 11.7. The molecule has 1 aromatic rings. The minimum atomic E-state index is -4.25. The van der Waals surface area contributed by atoms with E-state index >= 15 is 0 Å². The van der Waals surface area contributed by atoms with E-state index in [1.165, 1.54) is 6.92 Å². The molecule has 0 radical (unpaired) electrons. The maximum Gasteiger partial charge on any atom is 0.342 e. The largest absolute Gasteiger partial charge is 0.462 e. The van der Waals surface area contributed by atoms with Crippen molar-refractivity contribution in [2.24, 2.45) is 5.14 Å². The smallest absolute Gasteiger partial charge is 0.342 e. The van der Waals surface area contributed by atoms with Crippen molar-refractivity contribution in [1.82, 2.24) is 9.78 Å². The lowest BCUT2D eigenvalue weighted by atomic mass is 10.4. The van der Waals surface area contributed by atoms with Crippen LogP contribution in [-0.4, -0.2) is 50.7 Å². The highest BCUT2D eigenvalue weighted by Crippen LogP contribution is 2.15. The number of primary sulfonamides is 1. The van der Waals surface area contributed by atoms with E-state index in [0.29, 0.717) is 0 Å². The number of sulfonamides is 1. The molecular weight excluding hydrogens is 322 g/mol. The maximum atomic E-state index is 11.7. The van der Waals surface area contributed by atoms with Gasteiger partial charge in [0.2, 0.25) is 0 Å². The number of esters is 1. The van der Waals surface area contributed by atoms with Gasteiger partial charge in [-0.15, -0.1) is 0 Å². The van der Waals surface area contributed by atoms with Crippen LogP contribution < -0.4 is 5.14 Å². The average Bonchev–Trinajstić information content (AvgIpc) is 2.81. The molecule has 1 aromatic heterocycles. The van der Waals surface area contributed by atoms with Gasteiger partial charge in [0.05, 0.1) is 25.1 Å². The number of hydrogen-bond donors (Lipinski definition) is 1. The van der Waals surface area contributed by atoms with E-state index in [-0.39, 0.29) is 30.2 Å². The Morgan fingerprint density at radius 3 is 2.43 bits per heavy atom. The Bertz CT molecular complexity index is 720. The summed E-state index contributed by atoms with van der Waals surface area (Å²) in [5.41, 5.74) is -0.312. The van der Waals surface area contributed by atoms with Gasteiger partial charge in [0.15, 0.2) is 14.9 Å². The molecule has 0 aromatic carbocycles. The number of sulfone groups is 1. The molecule has 120 valence electrons. The summed E-state index contributed by atoms with van der Waals surface area (Å²) < 4.78 is 51.7. The molecule has 1 heterocycles. The predicted octanol–water partition coefficient (Wildman–Crippen LogP) is -0.858. The fraction of sp³-hybridized carbons (Fsp3) is 0.600. The topological polar surface area (TPSA) is 138 Å². The lowest BCUT2D eigenvalue weighted by Gasteiger charge is -2.07. The van der Waals surface area contributed by atoms with E-state index in [2.05, 4.69) is 5.10 Å². The zero-order valence-corrected chi connectivity index (χ0v) is 13.3. The summed E-state index contributed by atoms with van der Waals surface area (Å²) in [6.45, 7) is 2.87. The second kappa shape index (κ2) is 6.54. The second-order valence-electron chi connectivity index (χ2n) is 4.09. The van der Waals surface area contributed by atoms with E-state index in [0.717, 1.165) is 10.9 Å². The molecule has 21 heavy (non-hydrogen) atoms. The van der Waals surface area contributed by atoms with E-state index in [1.54, 1.807) is 6.92 Å². The molecule has 0 bridgehead atoms.